The van der Waals surface area contributed by atoms with E-state index in [1.54, 1.807) is 0 Å². The first-order valence-electron chi connectivity index (χ1n) is 4.21. The third kappa shape index (κ3) is 8.30. The molecule has 0 fully saturated rings. The van der Waals surface area contributed by atoms with Gasteiger partial charge in [-0.05, 0) is 0 Å². The second kappa shape index (κ2) is 9.30. The third-order valence-corrected chi connectivity index (χ3v) is 2.02. The monoisotopic (exact) mass is 200 g/mol. The zero-order valence-electron chi connectivity index (χ0n) is 6.84. The van der Waals surface area contributed by atoms with Gasteiger partial charge in [-0.25, -0.2) is 0 Å². The summed E-state index contributed by atoms with van der Waals surface area (Å²) in [6, 6.07) is 0. The molecule has 0 atom stereocenters. The van der Waals surface area contributed by atoms with Crippen LogP contribution in [-0.2, 0) is 0 Å². The summed E-state index contributed by atoms with van der Waals surface area (Å²) in [5, 5.41) is 0. The van der Waals surface area contributed by atoms with E-state index in [0.29, 0.717) is 0 Å². The van der Waals surface area contributed by atoms with Crippen LogP contribution in [0, 0.1) is 0 Å². The molecule has 58 valence electrons. The predicted octanol–water partition coefficient (Wildman–Crippen LogP) is 3.03. The van der Waals surface area contributed by atoms with Crippen LogP contribution < -0.4 is 0 Å². The van der Waals surface area contributed by atoms with Crippen LogP contribution in [0.15, 0.2) is 10.9 Å². The molecule has 0 aliphatic rings. The molecule has 0 unspecified atom stereocenters. The third-order valence-electron chi connectivity index (χ3n) is 1.58. The Labute approximate surface area is 73.6 Å². The molecule has 0 N–H and O–H groups in total. The molecule has 0 aromatic rings. The van der Waals surface area contributed by atoms with Gasteiger partial charge in [0.25, 0.3) is 0 Å². The minimum atomic E-state index is 1.26. The Morgan fingerprint density at radius 3 is 2.40 bits per heavy atom. The van der Waals surface area contributed by atoms with Crippen molar-refractivity contribution in [3.63, 3.8) is 0 Å². The molecule has 0 bridgehead atoms. The fraction of sp³-hybridized carbons (Fsp3) is 0.778. The van der Waals surface area contributed by atoms with Crippen molar-refractivity contribution in [3.05, 3.63) is 10.9 Å². The van der Waals surface area contributed by atoms with Crippen molar-refractivity contribution in [2.24, 2.45) is 0 Å². The molecule has 0 aromatic carbocycles. The fourth-order valence-corrected chi connectivity index (χ4v) is 1.25. The average Bonchev–Trinajstić information content (AvgIpc) is 1.97. The first kappa shape index (κ1) is 10.3. The van der Waals surface area contributed by atoms with Crippen LogP contribution in [0.5, 0.6) is 0 Å². The molecule has 0 amide bonds. The van der Waals surface area contributed by atoms with Gasteiger partial charge in [-0.1, -0.05) is 0 Å². The van der Waals surface area contributed by atoms with E-state index in [9.17, 15) is 0 Å². The molecule has 0 rings (SSSR count). The molecule has 0 spiro atoms. The first-order chi connectivity index (χ1) is 4.91. The number of unbranched alkanes of at least 4 members (excludes halogenated alkanes) is 5. The fourth-order valence-electron chi connectivity index (χ4n) is 0.940. The van der Waals surface area contributed by atoms with Crippen LogP contribution in [0.25, 0.3) is 0 Å². The van der Waals surface area contributed by atoms with Gasteiger partial charge in [0, 0.05) is 0 Å². The Kier molecular flexibility index (Phi) is 9.58. The van der Waals surface area contributed by atoms with Gasteiger partial charge in [0.2, 0.25) is 0 Å². The standard InChI is InChI=1S/C9H17As/c1-2-3-4-5-6-7-8-9-10/h8-9H,2-7H2,1H3. The number of hydrogen-bond donors (Lipinski definition) is 0. The Bertz CT molecular complexity index is 76.8. The van der Waals surface area contributed by atoms with E-state index in [2.05, 4.69) is 34.7 Å². The minimum absolute atomic E-state index is 1.26. The number of allylic oxidation sites excluding steroid dienone is 1. The van der Waals surface area contributed by atoms with Gasteiger partial charge in [0.15, 0.2) is 0 Å². The zero-order valence-corrected chi connectivity index (χ0v) is 8.72. The van der Waals surface area contributed by atoms with E-state index >= 15 is 0 Å². The average molecular weight is 200 g/mol. The summed E-state index contributed by atoms with van der Waals surface area (Å²) in [5.41, 5.74) is 0. The summed E-state index contributed by atoms with van der Waals surface area (Å²) in [5.74, 6) is 0. The van der Waals surface area contributed by atoms with Crippen molar-refractivity contribution < 1.29 is 0 Å². The van der Waals surface area contributed by atoms with Crippen LogP contribution in [0.3, 0.4) is 0 Å². The second-order valence-electron chi connectivity index (χ2n) is 2.59. The molecule has 2 radical (unpaired) electrons. The first-order valence-corrected chi connectivity index (χ1v) is 5.29. The molecular weight excluding hydrogens is 183 g/mol. The molecular formula is C9H17As. The van der Waals surface area contributed by atoms with E-state index in [1.807, 2.05) is 0 Å². The van der Waals surface area contributed by atoms with Crippen molar-refractivity contribution in [1.29, 1.82) is 0 Å². The number of rotatable bonds is 6. The molecule has 0 aliphatic heterocycles. The van der Waals surface area contributed by atoms with Crippen LogP contribution in [0.4, 0.5) is 0 Å². The summed E-state index contributed by atoms with van der Waals surface area (Å²) < 4.78 is 0. The summed E-state index contributed by atoms with van der Waals surface area (Å²) in [6.07, 6.45) is 10.4. The number of hydrogen-bond acceptors (Lipinski definition) is 0. The van der Waals surface area contributed by atoms with Crippen LogP contribution >= 0.6 is 0 Å². The quantitative estimate of drug-likeness (QED) is 0.456. The molecule has 0 aliphatic carbocycles. The molecule has 0 heterocycles. The predicted molar refractivity (Wildman–Crippen MR) is 48.3 cm³/mol. The van der Waals surface area contributed by atoms with Crippen LogP contribution in [-0.4, -0.2) is 16.9 Å². The van der Waals surface area contributed by atoms with Crippen molar-refractivity contribution in [3.8, 4) is 0 Å². The topological polar surface area (TPSA) is 0 Å². The SMILES string of the molecule is CCCCCCCC=C[As]. The van der Waals surface area contributed by atoms with Gasteiger partial charge in [0.1, 0.15) is 0 Å². The van der Waals surface area contributed by atoms with Gasteiger partial charge < -0.3 is 0 Å². The maximum atomic E-state index is 2.48. The van der Waals surface area contributed by atoms with Gasteiger partial charge in [-0.15, -0.1) is 0 Å². The molecule has 1 heteroatoms. The van der Waals surface area contributed by atoms with E-state index in [0.717, 1.165) is 0 Å². The summed E-state index contributed by atoms with van der Waals surface area (Å²) in [4.78, 5) is 2.08. The van der Waals surface area contributed by atoms with Crippen molar-refractivity contribution >= 4 is 16.9 Å². The van der Waals surface area contributed by atoms with E-state index in [1.165, 1.54) is 38.5 Å². The molecule has 0 nitrogen and oxygen atoms in total. The van der Waals surface area contributed by atoms with E-state index in [-0.39, 0.29) is 0 Å². The van der Waals surface area contributed by atoms with Crippen LogP contribution in [0.1, 0.15) is 45.4 Å². The zero-order chi connectivity index (χ0) is 7.66. The normalized spacial score (nSPS) is 11.0. The molecule has 0 saturated heterocycles. The van der Waals surface area contributed by atoms with Crippen molar-refractivity contribution in [2.75, 3.05) is 0 Å². The van der Waals surface area contributed by atoms with Crippen molar-refractivity contribution in [2.45, 2.75) is 45.4 Å². The summed E-state index contributed by atoms with van der Waals surface area (Å²) in [7, 11) is 0. The molecule has 0 aromatic heterocycles. The Morgan fingerprint density at radius 2 is 1.80 bits per heavy atom. The van der Waals surface area contributed by atoms with E-state index < -0.39 is 0 Å². The van der Waals surface area contributed by atoms with Gasteiger partial charge >= 0.3 is 73.2 Å². The van der Waals surface area contributed by atoms with Crippen LogP contribution in [0.2, 0.25) is 0 Å². The summed E-state index contributed by atoms with van der Waals surface area (Å²) >= 11 is 2.48. The van der Waals surface area contributed by atoms with Gasteiger partial charge in [0.05, 0.1) is 0 Å². The summed E-state index contributed by atoms with van der Waals surface area (Å²) in [6.45, 7) is 2.25. The Morgan fingerprint density at radius 1 is 1.10 bits per heavy atom. The second-order valence-corrected chi connectivity index (χ2v) is 3.21. The Hall–Kier alpha value is 0.298. The van der Waals surface area contributed by atoms with Gasteiger partial charge in [-0.2, -0.15) is 0 Å². The molecule has 0 saturated carbocycles. The molecule has 10 heavy (non-hydrogen) atoms. The van der Waals surface area contributed by atoms with E-state index in [4.69, 9.17) is 0 Å². The maximum absolute atomic E-state index is 2.48. The van der Waals surface area contributed by atoms with Gasteiger partial charge in [-0.3, -0.25) is 0 Å². The van der Waals surface area contributed by atoms with Crippen molar-refractivity contribution in [1.82, 2.24) is 0 Å². The Balaban J connectivity index is 2.77.